The van der Waals surface area contributed by atoms with Crippen molar-refractivity contribution in [1.29, 1.82) is 0 Å². The lowest BCUT2D eigenvalue weighted by Gasteiger charge is -2.38. The van der Waals surface area contributed by atoms with E-state index in [9.17, 15) is 9.90 Å². The van der Waals surface area contributed by atoms with Crippen LogP contribution in [-0.4, -0.2) is 72.4 Å². The Morgan fingerprint density at radius 1 is 1.22 bits per heavy atom. The fraction of sp³-hybridized carbons (Fsp3) is 0.682. The molecule has 148 valence electrons. The summed E-state index contributed by atoms with van der Waals surface area (Å²) in [4.78, 5) is 17.2. The highest BCUT2D eigenvalue weighted by Crippen LogP contribution is 2.42. The van der Waals surface area contributed by atoms with E-state index in [0.29, 0.717) is 6.04 Å². The van der Waals surface area contributed by atoms with Gasteiger partial charge in [0.15, 0.2) is 0 Å². The van der Waals surface area contributed by atoms with Crippen molar-refractivity contribution in [2.24, 2.45) is 5.41 Å². The molecule has 0 radical (unpaired) electrons. The minimum atomic E-state index is 0.156. The van der Waals surface area contributed by atoms with Crippen molar-refractivity contribution in [3.8, 4) is 0 Å². The van der Waals surface area contributed by atoms with Crippen LogP contribution in [0.1, 0.15) is 48.0 Å². The number of aryl methyl sites for hydroxylation is 1. The lowest BCUT2D eigenvalue weighted by Crippen LogP contribution is -2.44. The van der Waals surface area contributed by atoms with Crippen LogP contribution in [0.4, 0.5) is 0 Å². The van der Waals surface area contributed by atoms with Gasteiger partial charge in [-0.25, -0.2) is 0 Å². The van der Waals surface area contributed by atoms with E-state index in [1.54, 1.807) is 0 Å². The number of aliphatic hydroxyl groups excluding tert-OH is 1. The van der Waals surface area contributed by atoms with Gasteiger partial charge in [-0.3, -0.25) is 9.69 Å². The number of hydrogen-bond donors (Lipinski definition) is 1. The maximum Gasteiger partial charge on any atom is 0.253 e. The van der Waals surface area contributed by atoms with E-state index in [1.807, 2.05) is 36.1 Å². The summed E-state index contributed by atoms with van der Waals surface area (Å²) < 4.78 is 6.17. The zero-order valence-corrected chi connectivity index (χ0v) is 16.4. The zero-order chi connectivity index (χ0) is 18.9. The van der Waals surface area contributed by atoms with Gasteiger partial charge in [-0.15, -0.1) is 0 Å². The molecule has 3 aliphatic rings. The fourth-order valence-corrected chi connectivity index (χ4v) is 5.03. The number of likely N-dealkylation sites (tertiary alicyclic amines) is 2. The average Bonchev–Trinajstić information content (AvgIpc) is 3.30. The van der Waals surface area contributed by atoms with Crippen molar-refractivity contribution in [3.05, 3.63) is 35.4 Å². The third kappa shape index (κ3) is 4.05. The zero-order valence-electron chi connectivity index (χ0n) is 16.4. The third-order valence-electron chi connectivity index (χ3n) is 6.84. The molecule has 4 rings (SSSR count). The maximum atomic E-state index is 12.7. The highest BCUT2D eigenvalue weighted by atomic mass is 16.5. The first-order chi connectivity index (χ1) is 13.1. The van der Waals surface area contributed by atoms with E-state index in [1.165, 1.54) is 12.0 Å². The molecule has 3 aliphatic heterocycles. The molecule has 0 aromatic heterocycles. The maximum absolute atomic E-state index is 12.7. The minimum absolute atomic E-state index is 0.156. The van der Waals surface area contributed by atoms with Gasteiger partial charge in [0, 0.05) is 31.2 Å². The molecular weight excluding hydrogens is 340 g/mol. The van der Waals surface area contributed by atoms with Crippen LogP contribution in [0, 0.1) is 12.3 Å². The Bertz CT molecular complexity index is 652. The SMILES string of the molecule is Cc1ccc(C(=O)N2CCC3(CC2)CO[C@@H](CN2CCC[C@H]2CO)C3)cc1. The molecule has 0 saturated carbocycles. The second kappa shape index (κ2) is 7.90. The lowest BCUT2D eigenvalue weighted by molar-refractivity contribution is 0.0401. The van der Waals surface area contributed by atoms with Crippen LogP contribution in [0.25, 0.3) is 0 Å². The average molecular weight is 373 g/mol. The van der Waals surface area contributed by atoms with Crippen molar-refractivity contribution in [1.82, 2.24) is 9.80 Å². The van der Waals surface area contributed by atoms with Gasteiger partial charge in [0.2, 0.25) is 0 Å². The number of aliphatic hydroxyl groups is 1. The summed E-state index contributed by atoms with van der Waals surface area (Å²) in [6.07, 6.45) is 5.71. The van der Waals surface area contributed by atoms with Crippen LogP contribution >= 0.6 is 0 Å². The first kappa shape index (κ1) is 18.9. The number of ether oxygens (including phenoxy) is 1. The predicted molar refractivity (Wildman–Crippen MR) is 105 cm³/mol. The Labute approximate surface area is 162 Å². The Kier molecular flexibility index (Phi) is 5.53. The molecule has 3 heterocycles. The smallest absolute Gasteiger partial charge is 0.253 e. The molecule has 3 saturated heterocycles. The molecule has 1 amide bonds. The van der Waals surface area contributed by atoms with Crippen molar-refractivity contribution in [2.45, 2.75) is 51.2 Å². The summed E-state index contributed by atoms with van der Waals surface area (Å²) in [7, 11) is 0. The number of benzene rings is 1. The molecule has 1 spiro atoms. The summed E-state index contributed by atoms with van der Waals surface area (Å²) in [5.74, 6) is 0.156. The molecule has 0 aliphatic carbocycles. The van der Waals surface area contributed by atoms with Crippen molar-refractivity contribution < 1.29 is 14.6 Å². The van der Waals surface area contributed by atoms with Crippen LogP contribution in [0.3, 0.4) is 0 Å². The Morgan fingerprint density at radius 2 is 1.96 bits per heavy atom. The van der Waals surface area contributed by atoms with E-state index in [-0.39, 0.29) is 24.0 Å². The Morgan fingerprint density at radius 3 is 2.67 bits per heavy atom. The van der Waals surface area contributed by atoms with Crippen LogP contribution < -0.4 is 0 Å². The van der Waals surface area contributed by atoms with E-state index in [2.05, 4.69) is 4.90 Å². The summed E-state index contributed by atoms with van der Waals surface area (Å²) in [6, 6.07) is 8.20. The van der Waals surface area contributed by atoms with Gasteiger partial charge >= 0.3 is 0 Å². The van der Waals surface area contributed by atoms with Gasteiger partial charge in [-0.05, 0) is 63.1 Å². The van der Waals surface area contributed by atoms with Crippen molar-refractivity contribution in [3.63, 3.8) is 0 Å². The van der Waals surface area contributed by atoms with Crippen molar-refractivity contribution in [2.75, 3.05) is 39.4 Å². The molecule has 5 heteroatoms. The molecule has 1 aromatic carbocycles. The summed E-state index contributed by atoms with van der Waals surface area (Å²) in [5, 5.41) is 9.52. The third-order valence-corrected chi connectivity index (χ3v) is 6.84. The van der Waals surface area contributed by atoms with Gasteiger partial charge in [-0.2, -0.15) is 0 Å². The molecule has 27 heavy (non-hydrogen) atoms. The number of piperidine rings is 1. The molecule has 1 N–H and O–H groups in total. The van der Waals surface area contributed by atoms with Crippen molar-refractivity contribution >= 4 is 5.91 Å². The van der Waals surface area contributed by atoms with E-state index < -0.39 is 0 Å². The molecule has 0 bridgehead atoms. The van der Waals surface area contributed by atoms with Crippen LogP contribution in [0.15, 0.2) is 24.3 Å². The second-order valence-electron chi connectivity index (χ2n) is 8.77. The largest absolute Gasteiger partial charge is 0.395 e. The van der Waals surface area contributed by atoms with E-state index in [0.717, 1.165) is 64.0 Å². The number of nitrogens with zero attached hydrogens (tertiary/aromatic N) is 2. The lowest BCUT2D eigenvalue weighted by atomic mass is 9.76. The molecule has 3 fully saturated rings. The predicted octanol–water partition coefficient (Wildman–Crippen LogP) is 2.46. The number of carbonyl (C=O) groups is 1. The van der Waals surface area contributed by atoms with Crippen LogP contribution in [-0.2, 0) is 4.74 Å². The highest BCUT2D eigenvalue weighted by Gasteiger charge is 2.44. The monoisotopic (exact) mass is 372 g/mol. The first-order valence-electron chi connectivity index (χ1n) is 10.4. The number of amides is 1. The van der Waals surface area contributed by atoms with Gasteiger partial charge in [-0.1, -0.05) is 17.7 Å². The molecule has 2 atom stereocenters. The molecular formula is C22H32N2O3. The Balaban J connectivity index is 1.30. The normalized spacial score (nSPS) is 28.1. The quantitative estimate of drug-likeness (QED) is 0.882. The molecule has 1 aromatic rings. The molecule has 0 unspecified atom stereocenters. The minimum Gasteiger partial charge on any atom is -0.395 e. The molecule has 5 nitrogen and oxygen atoms in total. The van der Waals surface area contributed by atoms with Gasteiger partial charge < -0.3 is 14.7 Å². The van der Waals surface area contributed by atoms with E-state index in [4.69, 9.17) is 4.74 Å². The van der Waals surface area contributed by atoms with Gasteiger partial charge in [0.25, 0.3) is 5.91 Å². The second-order valence-corrected chi connectivity index (χ2v) is 8.77. The first-order valence-corrected chi connectivity index (χ1v) is 10.4. The number of hydrogen-bond acceptors (Lipinski definition) is 4. The highest BCUT2D eigenvalue weighted by molar-refractivity contribution is 5.94. The number of rotatable bonds is 4. The van der Waals surface area contributed by atoms with Gasteiger partial charge in [0.05, 0.1) is 19.3 Å². The van der Waals surface area contributed by atoms with E-state index >= 15 is 0 Å². The van der Waals surface area contributed by atoms with Gasteiger partial charge in [0.1, 0.15) is 0 Å². The Hall–Kier alpha value is -1.43. The topological polar surface area (TPSA) is 53.0 Å². The standard InChI is InChI=1S/C22H32N2O3/c1-17-4-6-18(7-5-17)21(26)23-11-8-22(9-12-23)13-20(27-16-22)14-24-10-2-3-19(24)15-25/h4-7,19-20,25H,2-3,8-16H2,1H3/t19-,20+/m0/s1. The van der Waals surface area contributed by atoms with Crippen LogP contribution in [0.5, 0.6) is 0 Å². The van der Waals surface area contributed by atoms with Crippen LogP contribution in [0.2, 0.25) is 0 Å². The summed E-state index contributed by atoms with van der Waals surface area (Å²) in [6.45, 7) is 6.80. The summed E-state index contributed by atoms with van der Waals surface area (Å²) in [5.41, 5.74) is 2.21. The summed E-state index contributed by atoms with van der Waals surface area (Å²) >= 11 is 0. The number of carbonyl (C=O) groups excluding carboxylic acids is 1. The fourth-order valence-electron chi connectivity index (χ4n) is 5.03.